The van der Waals surface area contributed by atoms with Crippen molar-refractivity contribution in [3.05, 3.63) is 0 Å². The van der Waals surface area contributed by atoms with E-state index in [4.69, 9.17) is 4.74 Å². The number of rotatable bonds is 1. The summed E-state index contributed by atoms with van der Waals surface area (Å²) in [5, 5.41) is 12.8. The highest BCUT2D eigenvalue weighted by Crippen LogP contribution is 2.46. The first-order valence-electron chi connectivity index (χ1n) is 4.18. The van der Waals surface area contributed by atoms with E-state index in [9.17, 15) is 5.11 Å². The van der Waals surface area contributed by atoms with Gasteiger partial charge in [-0.2, -0.15) is 0 Å². The van der Waals surface area contributed by atoms with Gasteiger partial charge in [0, 0.05) is 25.6 Å². The van der Waals surface area contributed by atoms with Gasteiger partial charge in [0.2, 0.25) is 0 Å². The van der Waals surface area contributed by atoms with Gasteiger partial charge in [0.15, 0.2) is 0 Å². The second kappa shape index (κ2) is 3.50. The zero-order valence-electron chi connectivity index (χ0n) is 7.25. The van der Waals surface area contributed by atoms with Gasteiger partial charge in [-0.3, -0.25) is 0 Å². The van der Waals surface area contributed by atoms with Gasteiger partial charge < -0.3 is 15.2 Å². The Morgan fingerprint density at radius 3 is 2.58 bits per heavy atom. The molecule has 1 saturated carbocycles. The minimum atomic E-state index is -0.145. The number of β-amino-alcohol motifs (C(OH)–C–C–N with tert-alkyl or cyclic N) is 1. The van der Waals surface area contributed by atoms with Crippen LogP contribution in [0.4, 0.5) is 0 Å². The monoisotopic (exact) mass is 193 g/mol. The van der Waals surface area contributed by atoms with Crippen molar-refractivity contribution in [1.82, 2.24) is 5.32 Å². The maximum absolute atomic E-state index is 9.59. The third-order valence-corrected chi connectivity index (χ3v) is 3.12. The van der Waals surface area contributed by atoms with Gasteiger partial charge in [0.1, 0.15) is 0 Å². The van der Waals surface area contributed by atoms with Crippen LogP contribution in [0.2, 0.25) is 0 Å². The average molecular weight is 194 g/mol. The van der Waals surface area contributed by atoms with Crippen molar-refractivity contribution in [3.63, 3.8) is 0 Å². The van der Waals surface area contributed by atoms with Crippen LogP contribution < -0.4 is 5.32 Å². The molecule has 0 aromatic rings. The number of aliphatic hydroxyl groups is 1. The molecule has 1 aliphatic carbocycles. The molecule has 1 heterocycles. The molecular weight excluding hydrogens is 178 g/mol. The lowest BCUT2D eigenvalue weighted by atomic mass is 9.65. The molecule has 3 nitrogen and oxygen atoms in total. The lowest BCUT2D eigenvalue weighted by Crippen LogP contribution is -2.49. The second-order valence-corrected chi connectivity index (χ2v) is 3.78. The predicted octanol–water partition coefficient (Wildman–Crippen LogP) is 0.167. The highest BCUT2D eigenvalue weighted by molar-refractivity contribution is 5.85. The third kappa shape index (κ3) is 1.35. The average Bonchev–Trinajstić information content (AvgIpc) is 2.27. The third-order valence-electron chi connectivity index (χ3n) is 3.12. The molecule has 2 N–H and O–H groups in total. The predicted molar refractivity (Wildman–Crippen MR) is 48.6 cm³/mol. The Morgan fingerprint density at radius 2 is 2.17 bits per heavy atom. The number of methoxy groups -OCH3 is 1. The summed E-state index contributed by atoms with van der Waals surface area (Å²) in [6.45, 7) is 1.73. The normalized spacial score (nSPS) is 45.5. The van der Waals surface area contributed by atoms with Crippen LogP contribution in [0.15, 0.2) is 0 Å². The van der Waals surface area contributed by atoms with E-state index in [1.807, 2.05) is 0 Å². The number of ether oxygens (including phenoxy) is 1. The van der Waals surface area contributed by atoms with Crippen LogP contribution in [-0.4, -0.2) is 37.5 Å². The molecule has 1 unspecified atom stereocenters. The number of aliphatic hydroxyl groups excluding tert-OH is 1. The fourth-order valence-corrected chi connectivity index (χ4v) is 2.22. The smallest absolute Gasteiger partial charge is 0.0734 e. The molecule has 0 bridgehead atoms. The maximum Gasteiger partial charge on any atom is 0.0734 e. The summed E-state index contributed by atoms with van der Waals surface area (Å²) in [6.07, 6.45) is 2.30. The van der Waals surface area contributed by atoms with Crippen LogP contribution >= 0.6 is 12.4 Å². The molecule has 2 rings (SSSR count). The standard InChI is InChI=1S/C8H15NO2.ClH/c1-11-6-2-8(3-6)5-9-4-7(8)10;/h6-7,9-10H,2-5H2,1H3;1H. The van der Waals surface area contributed by atoms with E-state index >= 15 is 0 Å². The minimum Gasteiger partial charge on any atom is -0.391 e. The van der Waals surface area contributed by atoms with Crippen molar-refractivity contribution >= 4 is 12.4 Å². The topological polar surface area (TPSA) is 41.5 Å². The molecule has 0 amide bonds. The molecule has 1 spiro atoms. The summed E-state index contributed by atoms with van der Waals surface area (Å²) < 4.78 is 5.18. The Bertz CT molecular complexity index is 159. The molecule has 0 radical (unpaired) electrons. The SMILES string of the molecule is COC1CC2(CNCC2O)C1.Cl. The van der Waals surface area contributed by atoms with Crippen LogP contribution in [0, 0.1) is 5.41 Å². The minimum absolute atomic E-state index is 0. The Kier molecular flexibility index (Phi) is 2.99. The molecule has 12 heavy (non-hydrogen) atoms. The first kappa shape index (κ1) is 10.3. The van der Waals surface area contributed by atoms with Crippen LogP contribution in [0.5, 0.6) is 0 Å². The van der Waals surface area contributed by atoms with Crippen LogP contribution in [-0.2, 0) is 4.74 Å². The largest absolute Gasteiger partial charge is 0.391 e. The zero-order chi connectivity index (χ0) is 7.90. The Morgan fingerprint density at radius 1 is 1.50 bits per heavy atom. The van der Waals surface area contributed by atoms with Crippen molar-refractivity contribution in [2.75, 3.05) is 20.2 Å². The number of halogens is 1. The Labute approximate surface area is 78.9 Å². The molecule has 2 aliphatic rings. The van der Waals surface area contributed by atoms with E-state index in [1.165, 1.54) is 0 Å². The van der Waals surface area contributed by atoms with Gasteiger partial charge in [-0.1, -0.05) is 0 Å². The highest BCUT2D eigenvalue weighted by Gasteiger charge is 2.51. The zero-order valence-corrected chi connectivity index (χ0v) is 8.06. The first-order valence-corrected chi connectivity index (χ1v) is 4.18. The second-order valence-electron chi connectivity index (χ2n) is 3.78. The molecule has 1 saturated heterocycles. The number of hydrogen-bond acceptors (Lipinski definition) is 3. The summed E-state index contributed by atoms with van der Waals surface area (Å²) in [4.78, 5) is 0. The maximum atomic E-state index is 9.59. The Hall–Kier alpha value is 0.170. The van der Waals surface area contributed by atoms with Crippen molar-refractivity contribution < 1.29 is 9.84 Å². The first-order chi connectivity index (χ1) is 5.27. The summed E-state index contributed by atoms with van der Waals surface area (Å²) in [7, 11) is 1.74. The molecule has 0 aromatic heterocycles. The van der Waals surface area contributed by atoms with E-state index in [0.717, 1.165) is 25.9 Å². The van der Waals surface area contributed by atoms with E-state index in [1.54, 1.807) is 7.11 Å². The lowest BCUT2D eigenvalue weighted by Gasteiger charge is -2.45. The number of hydrogen-bond donors (Lipinski definition) is 2. The molecule has 1 aliphatic heterocycles. The quantitative estimate of drug-likeness (QED) is 0.624. The van der Waals surface area contributed by atoms with E-state index in [2.05, 4.69) is 5.32 Å². The molecule has 2 fully saturated rings. The molecule has 4 heteroatoms. The summed E-state index contributed by atoms with van der Waals surface area (Å²) in [5.74, 6) is 0. The van der Waals surface area contributed by atoms with Crippen molar-refractivity contribution in [2.24, 2.45) is 5.41 Å². The van der Waals surface area contributed by atoms with Gasteiger partial charge in [-0.15, -0.1) is 12.4 Å². The van der Waals surface area contributed by atoms with Gasteiger partial charge in [0.25, 0.3) is 0 Å². The van der Waals surface area contributed by atoms with Gasteiger partial charge in [-0.05, 0) is 12.8 Å². The summed E-state index contributed by atoms with van der Waals surface area (Å²) in [5.41, 5.74) is 0.167. The fraction of sp³-hybridized carbons (Fsp3) is 1.00. The van der Waals surface area contributed by atoms with Gasteiger partial charge in [-0.25, -0.2) is 0 Å². The van der Waals surface area contributed by atoms with E-state index in [-0.39, 0.29) is 23.9 Å². The van der Waals surface area contributed by atoms with Crippen molar-refractivity contribution in [2.45, 2.75) is 25.0 Å². The molecular formula is C8H16ClNO2. The van der Waals surface area contributed by atoms with Crippen LogP contribution in [0.3, 0.4) is 0 Å². The van der Waals surface area contributed by atoms with Crippen LogP contribution in [0.25, 0.3) is 0 Å². The molecule has 72 valence electrons. The number of nitrogens with one attached hydrogen (secondary N) is 1. The van der Waals surface area contributed by atoms with E-state index < -0.39 is 0 Å². The van der Waals surface area contributed by atoms with Crippen molar-refractivity contribution in [3.8, 4) is 0 Å². The van der Waals surface area contributed by atoms with E-state index in [0.29, 0.717) is 6.10 Å². The summed E-state index contributed by atoms with van der Waals surface area (Å²) in [6, 6.07) is 0. The fourth-order valence-electron chi connectivity index (χ4n) is 2.22. The Balaban J connectivity index is 0.000000720. The molecule has 1 atom stereocenters. The molecule has 0 aromatic carbocycles. The van der Waals surface area contributed by atoms with Crippen molar-refractivity contribution in [1.29, 1.82) is 0 Å². The van der Waals surface area contributed by atoms with Gasteiger partial charge in [0.05, 0.1) is 12.2 Å². The van der Waals surface area contributed by atoms with Crippen LogP contribution in [0.1, 0.15) is 12.8 Å². The van der Waals surface area contributed by atoms with Gasteiger partial charge >= 0.3 is 0 Å². The summed E-state index contributed by atoms with van der Waals surface area (Å²) >= 11 is 0. The lowest BCUT2D eigenvalue weighted by molar-refractivity contribution is -0.0971. The highest BCUT2D eigenvalue weighted by atomic mass is 35.5.